The minimum absolute atomic E-state index is 0.959. The normalized spacial score (nSPS) is 10.1. The van der Waals surface area contributed by atoms with Crippen LogP contribution in [0.4, 0.5) is 0 Å². The number of nitrogens with zero attached hydrogens (tertiary/aromatic N) is 2. The highest BCUT2D eigenvalue weighted by atomic mass is 32.2. The second kappa shape index (κ2) is 4.29. The summed E-state index contributed by atoms with van der Waals surface area (Å²) in [4.78, 5) is 0. The number of aromatic nitrogens is 3. The van der Waals surface area contributed by atoms with Gasteiger partial charge in [0.15, 0.2) is 0 Å². The van der Waals surface area contributed by atoms with Gasteiger partial charge < -0.3 is 0 Å². The molecule has 0 aliphatic carbocycles. The van der Waals surface area contributed by atoms with Gasteiger partial charge in [-0.25, -0.2) is 0 Å². The minimum atomic E-state index is 0.959. The van der Waals surface area contributed by atoms with E-state index >= 15 is 0 Å². The van der Waals surface area contributed by atoms with E-state index in [1.165, 1.54) is 11.9 Å². The summed E-state index contributed by atoms with van der Waals surface area (Å²) in [5.41, 5.74) is 1.01. The summed E-state index contributed by atoms with van der Waals surface area (Å²) < 4.78 is 0. The largest absolute Gasteiger partial charge is 0.278 e. The fraction of sp³-hybridized carbons (Fsp3) is 0.600. The molecule has 1 rings (SSSR count). The van der Waals surface area contributed by atoms with Crippen LogP contribution in [-0.4, -0.2) is 21.2 Å². The highest BCUT2D eigenvalue weighted by Crippen LogP contribution is 1.98. The Morgan fingerprint density at radius 2 is 2.60 bits per heavy atom. The van der Waals surface area contributed by atoms with Crippen molar-refractivity contribution in [1.82, 2.24) is 15.4 Å². The van der Waals surface area contributed by atoms with Gasteiger partial charge in [-0.05, 0) is 12.8 Å². The van der Waals surface area contributed by atoms with Crippen LogP contribution in [0.2, 0.25) is 0 Å². The first-order valence-corrected chi connectivity index (χ1v) is 4.14. The maximum absolute atomic E-state index is 5.24. The van der Waals surface area contributed by atoms with Gasteiger partial charge in [-0.1, -0.05) is 11.9 Å². The van der Waals surface area contributed by atoms with Crippen molar-refractivity contribution in [1.29, 1.82) is 0 Å². The van der Waals surface area contributed by atoms with Gasteiger partial charge in [-0.3, -0.25) is 5.14 Å². The zero-order chi connectivity index (χ0) is 7.23. The minimum Gasteiger partial charge on any atom is -0.278 e. The van der Waals surface area contributed by atoms with Crippen molar-refractivity contribution in [3.05, 3.63) is 11.9 Å². The number of nitrogens with one attached hydrogen (secondary N) is 1. The number of hydrogen-bond acceptors (Lipinski definition) is 4. The van der Waals surface area contributed by atoms with Crippen molar-refractivity contribution in [2.45, 2.75) is 12.8 Å². The molecule has 0 unspecified atom stereocenters. The third-order valence-electron chi connectivity index (χ3n) is 1.16. The SMILES string of the molecule is NSCCCc1cn[nH]n1. The standard InChI is InChI=1S/C5H10N4S/c6-10-3-1-2-5-4-7-9-8-5/h4H,1-3,6H2,(H,7,8,9). The molecule has 1 aromatic heterocycles. The molecule has 1 aromatic rings. The van der Waals surface area contributed by atoms with Crippen LogP contribution < -0.4 is 5.14 Å². The number of aryl methyl sites for hydroxylation is 1. The van der Waals surface area contributed by atoms with E-state index in [2.05, 4.69) is 15.4 Å². The van der Waals surface area contributed by atoms with Crippen LogP contribution in [0.25, 0.3) is 0 Å². The summed E-state index contributed by atoms with van der Waals surface area (Å²) in [6.07, 6.45) is 3.76. The van der Waals surface area contributed by atoms with Gasteiger partial charge in [0.2, 0.25) is 0 Å². The second-order valence-electron chi connectivity index (χ2n) is 1.94. The molecule has 5 heteroatoms. The van der Waals surface area contributed by atoms with Crippen LogP contribution >= 0.6 is 11.9 Å². The molecule has 10 heavy (non-hydrogen) atoms. The Morgan fingerprint density at radius 3 is 3.20 bits per heavy atom. The third kappa shape index (κ3) is 2.36. The zero-order valence-electron chi connectivity index (χ0n) is 5.58. The average Bonchev–Trinajstić information content (AvgIpc) is 2.41. The molecule has 0 amide bonds. The van der Waals surface area contributed by atoms with Gasteiger partial charge in [0.1, 0.15) is 0 Å². The van der Waals surface area contributed by atoms with Crippen molar-refractivity contribution in [3.8, 4) is 0 Å². The lowest BCUT2D eigenvalue weighted by Gasteiger charge is -1.91. The molecule has 0 radical (unpaired) electrons. The average molecular weight is 158 g/mol. The maximum Gasteiger partial charge on any atom is 0.0825 e. The lowest BCUT2D eigenvalue weighted by atomic mass is 10.3. The summed E-state index contributed by atoms with van der Waals surface area (Å²) in [6, 6.07) is 0. The number of rotatable bonds is 4. The van der Waals surface area contributed by atoms with Crippen molar-refractivity contribution < 1.29 is 0 Å². The first-order valence-electron chi connectivity index (χ1n) is 3.10. The predicted octanol–water partition coefficient (Wildman–Crippen LogP) is 0.344. The first-order chi connectivity index (χ1) is 4.93. The highest BCUT2D eigenvalue weighted by Gasteiger charge is 1.93. The van der Waals surface area contributed by atoms with E-state index < -0.39 is 0 Å². The molecule has 0 bridgehead atoms. The molecule has 0 spiro atoms. The van der Waals surface area contributed by atoms with Crippen LogP contribution in [0.1, 0.15) is 12.1 Å². The summed E-state index contributed by atoms with van der Waals surface area (Å²) in [5.74, 6) is 0.979. The lowest BCUT2D eigenvalue weighted by Crippen LogP contribution is -1.90. The highest BCUT2D eigenvalue weighted by molar-refractivity contribution is 7.97. The third-order valence-corrected chi connectivity index (χ3v) is 1.68. The summed E-state index contributed by atoms with van der Waals surface area (Å²) in [5, 5.41) is 15.4. The van der Waals surface area contributed by atoms with Crippen molar-refractivity contribution in [2.24, 2.45) is 5.14 Å². The Hall–Kier alpha value is -0.550. The Balaban J connectivity index is 2.15. The van der Waals surface area contributed by atoms with Crippen LogP contribution in [-0.2, 0) is 6.42 Å². The predicted molar refractivity (Wildman–Crippen MR) is 41.3 cm³/mol. The number of nitrogens with two attached hydrogens (primary N) is 1. The van der Waals surface area contributed by atoms with Crippen molar-refractivity contribution in [3.63, 3.8) is 0 Å². The van der Waals surface area contributed by atoms with Crippen LogP contribution in [0, 0.1) is 0 Å². The van der Waals surface area contributed by atoms with Gasteiger partial charge in [-0.2, -0.15) is 15.4 Å². The maximum atomic E-state index is 5.24. The molecule has 1 heterocycles. The fourth-order valence-electron chi connectivity index (χ4n) is 0.682. The summed E-state index contributed by atoms with van der Waals surface area (Å²) in [7, 11) is 0. The van der Waals surface area contributed by atoms with E-state index in [1.54, 1.807) is 6.20 Å². The first kappa shape index (κ1) is 7.56. The molecule has 0 aliphatic heterocycles. The molecule has 4 nitrogen and oxygen atoms in total. The topological polar surface area (TPSA) is 67.6 Å². The second-order valence-corrected chi connectivity index (χ2v) is 2.68. The van der Waals surface area contributed by atoms with E-state index in [4.69, 9.17) is 5.14 Å². The molecule has 0 atom stereocenters. The van der Waals surface area contributed by atoms with E-state index in [1.807, 2.05) is 0 Å². The van der Waals surface area contributed by atoms with Crippen LogP contribution in [0.5, 0.6) is 0 Å². The molecular weight excluding hydrogens is 148 g/mol. The fourth-order valence-corrected chi connectivity index (χ4v) is 0.993. The number of hydrogen-bond donors (Lipinski definition) is 2. The van der Waals surface area contributed by atoms with E-state index in [0.29, 0.717) is 0 Å². The quantitative estimate of drug-likeness (QED) is 0.490. The molecule has 0 saturated carbocycles. The monoisotopic (exact) mass is 158 g/mol. The van der Waals surface area contributed by atoms with Gasteiger partial charge in [0, 0.05) is 5.75 Å². The zero-order valence-corrected chi connectivity index (χ0v) is 6.40. The van der Waals surface area contributed by atoms with Crippen LogP contribution in [0.3, 0.4) is 0 Å². The summed E-state index contributed by atoms with van der Waals surface area (Å²) >= 11 is 1.37. The van der Waals surface area contributed by atoms with Crippen molar-refractivity contribution >= 4 is 11.9 Å². The van der Waals surface area contributed by atoms with Crippen LogP contribution in [0.15, 0.2) is 6.20 Å². The van der Waals surface area contributed by atoms with E-state index in [-0.39, 0.29) is 0 Å². The van der Waals surface area contributed by atoms with Crippen molar-refractivity contribution in [2.75, 3.05) is 5.75 Å². The smallest absolute Gasteiger partial charge is 0.0825 e. The lowest BCUT2D eigenvalue weighted by molar-refractivity contribution is 0.859. The van der Waals surface area contributed by atoms with Gasteiger partial charge >= 0.3 is 0 Å². The molecule has 0 fully saturated rings. The molecule has 0 aliphatic rings. The molecule has 0 aromatic carbocycles. The number of aromatic amines is 1. The molecule has 3 N–H and O–H groups in total. The molecule has 0 saturated heterocycles. The Labute approximate surface area is 63.7 Å². The Kier molecular flexibility index (Phi) is 3.25. The van der Waals surface area contributed by atoms with Gasteiger partial charge in [-0.15, -0.1) is 0 Å². The summed E-state index contributed by atoms with van der Waals surface area (Å²) in [6.45, 7) is 0. The molecular formula is C5H10N4S. The van der Waals surface area contributed by atoms with E-state index in [9.17, 15) is 0 Å². The van der Waals surface area contributed by atoms with E-state index in [0.717, 1.165) is 24.3 Å². The molecule has 56 valence electrons. The van der Waals surface area contributed by atoms with Gasteiger partial charge in [0.25, 0.3) is 0 Å². The number of H-pyrrole nitrogens is 1. The Morgan fingerprint density at radius 1 is 1.70 bits per heavy atom. The Bertz CT molecular complexity index is 162. The van der Waals surface area contributed by atoms with Gasteiger partial charge in [0.05, 0.1) is 11.9 Å².